The van der Waals surface area contributed by atoms with Crippen LogP contribution in [0.2, 0.25) is 5.02 Å². The summed E-state index contributed by atoms with van der Waals surface area (Å²) in [4.78, 5) is 24.3. The summed E-state index contributed by atoms with van der Waals surface area (Å²) in [6, 6.07) is 14.0. The number of nitrogens with one attached hydrogen (secondary N) is 1. The molecule has 0 unspecified atom stereocenters. The number of ether oxygens (including phenoxy) is 1. The number of hydrogen-bond acceptors (Lipinski definition) is 7. The van der Waals surface area contributed by atoms with Crippen LogP contribution in [0.4, 0.5) is 10.8 Å². The van der Waals surface area contributed by atoms with Gasteiger partial charge < -0.3 is 15.2 Å². The smallest absolute Gasteiger partial charge is 0.316 e. The van der Waals surface area contributed by atoms with Gasteiger partial charge in [-0.05, 0) is 61.6 Å². The molecule has 4 aromatic rings. The number of carboxylic acids is 1. The van der Waals surface area contributed by atoms with Crippen LogP contribution in [0.25, 0.3) is 21.3 Å². The second kappa shape index (κ2) is 9.33. The largest absolute Gasteiger partial charge is 0.481 e. The lowest BCUT2D eigenvalue weighted by Crippen LogP contribution is -2.28. The lowest BCUT2D eigenvalue weighted by atomic mass is 9.87. The van der Waals surface area contributed by atoms with Crippen LogP contribution in [-0.4, -0.2) is 32.1 Å². The van der Waals surface area contributed by atoms with Gasteiger partial charge >= 0.3 is 12.0 Å². The summed E-state index contributed by atoms with van der Waals surface area (Å²) in [6.07, 6.45) is 6.12. The minimum atomic E-state index is -0.722. The summed E-state index contributed by atoms with van der Waals surface area (Å²) in [7, 11) is 0. The van der Waals surface area contributed by atoms with Crippen molar-refractivity contribution in [1.82, 2.24) is 15.0 Å². The van der Waals surface area contributed by atoms with Gasteiger partial charge in [0, 0.05) is 28.7 Å². The maximum absolute atomic E-state index is 11.1. The zero-order valence-corrected chi connectivity index (χ0v) is 19.1. The third-order valence-electron chi connectivity index (χ3n) is 5.74. The van der Waals surface area contributed by atoms with Crippen LogP contribution in [0.15, 0.2) is 54.9 Å². The van der Waals surface area contributed by atoms with Gasteiger partial charge in [0.05, 0.1) is 16.1 Å². The van der Waals surface area contributed by atoms with Crippen LogP contribution >= 0.6 is 22.9 Å². The SMILES string of the molecule is O=C(O)[C@H]1CC[C@@H](Oc2ncc(-c3ccc(Nc4nc5ccc(Cl)cc5s4)cc3)cn2)CC1. The first-order valence-electron chi connectivity index (χ1n) is 10.7. The molecule has 2 heterocycles. The molecule has 1 aliphatic carbocycles. The molecule has 1 fully saturated rings. The normalized spacial score (nSPS) is 18.2. The minimum absolute atomic E-state index is 0.0321. The van der Waals surface area contributed by atoms with Crippen LogP contribution in [0.3, 0.4) is 0 Å². The van der Waals surface area contributed by atoms with Crippen LogP contribution in [0.1, 0.15) is 25.7 Å². The molecule has 0 amide bonds. The average molecular weight is 481 g/mol. The molecule has 0 aliphatic heterocycles. The van der Waals surface area contributed by atoms with Gasteiger partial charge in [-0.3, -0.25) is 4.79 Å². The fraction of sp³-hybridized carbons (Fsp3) is 0.250. The van der Waals surface area contributed by atoms with Crippen molar-refractivity contribution in [2.24, 2.45) is 5.92 Å². The number of thiazole rings is 1. The Morgan fingerprint density at radius 1 is 1.03 bits per heavy atom. The summed E-state index contributed by atoms with van der Waals surface area (Å²) in [5.41, 5.74) is 3.72. The fourth-order valence-corrected chi connectivity index (χ4v) is 5.09. The van der Waals surface area contributed by atoms with Gasteiger partial charge in [-0.15, -0.1) is 0 Å². The lowest BCUT2D eigenvalue weighted by Gasteiger charge is -2.25. The molecule has 2 aromatic heterocycles. The van der Waals surface area contributed by atoms with E-state index in [1.165, 1.54) is 0 Å². The molecule has 1 saturated carbocycles. The Bertz CT molecular complexity index is 1270. The summed E-state index contributed by atoms with van der Waals surface area (Å²) < 4.78 is 6.89. The van der Waals surface area contributed by atoms with Crippen molar-refractivity contribution in [1.29, 1.82) is 0 Å². The maximum Gasteiger partial charge on any atom is 0.316 e. The number of hydrogen-bond donors (Lipinski definition) is 2. The highest BCUT2D eigenvalue weighted by molar-refractivity contribution is 7.22. The molecule has 2 N–H and O–H groups in total. The number of aliphatic carboxylic acids is 1. The topological polar surface area (TPSA) is 97.2 Å². The van der Waals surface area contributed by atoms with Crippen LogP contribution in [0, 0.1) is 5.92 Å². The average Bonchev–Trinajstić information content (AvgIpc) is 3.22. The van der Waals surface area contributed by atoms with E-state index in [1.807, 2.05) is 42.5 Å². The predicted octanol–water partition coefficient (Wildman–Crippen LogP) is 6.17. The Hall–Kier alpha value is -3.23. The summed E-state index contributed by atoms with van der Waals surface area (Å²) in [5.74, 6) is -0.987. The first kappa shape index (κ1) is 21.6. The zero-order chi connectivity index (χ0) is 22.8. The van der Waals surface area contributed by atoms with E-state index in [2.05, 4.69) is 20.3 Å². The number of rotatable bonds is 6. The van der Waals surface area contributed by atoms with E-state index in [4.69, 9.17) is 21.4 Å². The van der Waals surface area contributed by atoms with Crippen molar-refractivity contribution in [3.8, 4) is 17.1 Å². The molecular formula is C24H21ClN4O3S. The summed E-state index contributed by atoms with van der Waals surface area (Å²) >= 11 is 7.61. The van der Waals surface area contributed by atoms with Crippen LogP contribution in [-0.2, 0) is 4.79 Å². The number of aromatic nitrogens is 3. The number of anilines is 2. The van der Waals surface area contributed by atoms with Crippen LogP contribution in [0.5, 0.6) is 6.01 Å². The Balaban J connectivity index is 1.20. The highest BCUT2D eigenvalue weighted by Gasteiger charge is 2.27. The highest BCUT2D eigenvalue weighted by Crippen LogP contribution is 2.31. The Morgan fingerprint density at radius 3 is 2.45 bits per heavy atom. The third kappa shape index (κ3) is 5.07. The molecule has 0 atom stereocenters. The van der Waals surface area contributed by atoms with Crippen molar-refractivity contribution in [2.45, 2.75) is 31.8 Å². The Morgan fingerprint density at radius 2 is 1.76 bits per heavy atom. The molecule has 0 saturated heterocycles. The molecule has 168 valence electrons. The molecule has 0 spiro atoms. The van der Waals surface area contributed by atoms with E-state index in [-0.39, 0.29) is 12.0 Å². The number of benzene rings is 2. The van der Waals surface area contributed by atoms with E-state index in [1.54, 1.807) is 23.7 Å². The second-order valence-corrected chi connectivity index (χ2v) is 9.48. The first-order valence-corrected chi connectivity index (χ1v) is 11.9. The van der Waals surface area contributed by atoms with Crippen molar-refractivity contribution in [3.63, 3.8) is 0 Å². The monoisotopic (exact) mass is 480 g/mol. The molecule has 9 heteroatoms. The number of carboxylic acid groups (broad SMARTS) is 1. The predicted molar refractivity (Wildman–Crippen MR) is 129 cm³/mol. The molecule has 7 nitrogen and oxygen atoms in total. The van der Waals surface area contributed by atoms with E-state index in [0.29, 0.717) is 36.7 Å². The molecular weight excluding hydrogens is 460 g/mol. The lowest BCUT2D eigenvalue weighted by molar-refractivity contribution is -0.143. The molecule has 1 aliphatic rings. The minimum Gasteiger partial charge on any atom is -0.481 e. The second-order valence-electron chi connectivity index (χ2n) is 8.02. The van der Waals surface area contributed by atoms with Gasteiger partial charge in [-0.25, -0.2) is 15.0 Å². The van der Waals surface area contributed by atoms with E-state index in [9.17, 15) is 4.79 Å². The van der Waals surface area contributed by atoms with E-state index < -0.39 is 5.97 Å². The molecule has 33 heavy (non-hydrogen) atoms. The van der Waals surface area contributed by atoms with E-state index in [0.717, 1.165) is 32.2 Å². The Labute approximate surface area is 199 Å². The van der Waals surface area contributed by atoms with Crippen molar-refractivity contribution in [2.75, 3.05) is 5.32 Å². The van der Waals surface area contributed by atoms with Crippen molar-refractivity contribution < 1.29 is 14.6 Å². The maximum atomic E-state index is 11.1. The molecule has 0 radical (unpaired) electrons. The number of carbonyl (C=O) groups is 1. The first-order chi connectivity index (χ1) is 16.0. The van der Waals surface area contributed by atoms with Crippen molar-refractivity contribution >= 4 is 49.9 Å². The number of fused-ring (bicyclic) bond motifs is 1. The summed E-state index contributed by atoms with van der Waals surface area (Å²) in [6.45, 7) is 0. The fourth-order valence-electron chi connectivity index (χ4n) is 3.92. The third-order valence-corrected chi connectivity index (χ3v) is 6.91. The quantitative estimate of drug-likeness (QED) is 0.340. The summed E-state index contributed by atoms with van der Waals surface area (Å²) in [5, 5.41) is 13.9. The van der Waals surface area contributed by atoms with E-state index >= 15 is 0 Å². The standard InChI is InChI=1S/C24H21ClN4O3S/c25-17-5-10-20-21(11-17)33-24(29-20)28-18-6-1-14(2-7-18)16-12-26-23(27-13-16)32-19-8-3-15(4-9-19)22(30)31/h1-2,5-7,10-13,15,19H,3-4,8-9H2,(H,28,29)(H,30,31)/t15-,19+. The van der Waals surface area contributed by atoms with Crippen LogP contribution < -0.4 is 10.1 Å². The van der Waals surface area contributed by atoms with Gasteiger partial charge in [-0.1, -0.05) is 35.1 Å². The van der Waals surface area contributed by atoms with Gasteiger partial charge in [0.15, 0.2) is 5.13 Å². The molecule has 0 bridgehead atoms. The van der Waals surface area contributed by atoms with Gasteiger partial charge in [0.25, 0.3) is 0 Å². The highest BCUT2D eigenvalue weighted by atomic mass is 35.5. The van der Waals surface area contributed by atoms with Gasteiger partial charge in [-0.2, -0.15) is 0 Å². The number of nitrogens with zero attached hydrogens (tertiary/aromatic N) is 3. The van der Waals surface area contributed by atoms with Gasteiger partial charge in [0.1, 0.15) is 6.10 Å². The Kier molecular flexibility index (Phi) is 6.11. The molecule has 2 aromatic carbocycles. The van der Waals surface area contributed by atoms with Crippen molar-refractivity contribution in [3.05, 3.63) is 59.9 Å². The molecule has 5 rings (SSSR count). The number of halogens is 1. The van der Waals surface area contributed by atoms with Gasteiger partial charge in [0.2, 0.25) is 0 Å². The zero-order valence-electron chi connectivity index (χ0n) is 17.6.